The van der Waals surface area contributed by atoms with Gasteiger partial charge in [0.05, 0.1) is 6.04 Å². The third-order valence-electron chi connectivity index (χ3n) is 4.16. The minimum absolute atomic E-state index is 0.140. The van der Waals surface area contributed by atoms with Gasteiger partial charge in [0.15, 0.2) is 0 Å². The summed E-state index contributed by atoms with van der Waals surface area (Å²) >= 11 is 0. The molecular weight excluding hydrogens is 222 g/mol. The van der Waals surface area contributed by atoms with E-state index in [1.165, 1.54) is 5.56 Å². The van der Waals surface area contributed by atoms with Crippen molar-refractivity contribution >= 4 is 0 Å². The molecular formula is C15H27N3. The maximum Gasteiger partial charge on any atom is 0.0502 e. The highest BCUT2D eigenvalue weighted by molar-refractivity contribution is 5.18. The molecule has 0 bridgehead atoms. The largest absolute Gasteiger partial charge is 0.326 e. The highest BCUT2D eigenvalue weighted by atomic mass is 15.2. The Morgan fingerprint density at radius 1 is 1.28 bits per heavy atom. The Kier molecular flexibility index (Phi) is 5.29. The smallest absolute Gasteiger partial charge is 0.0502 e. The molecule has 2 atom stereocenters. The van der Waals surface area contributed by atoms with Crippen molar-refractivity contribution in [2.24, 2.45) is 5.73 Å². The van der Waals surface area contributed by atoms with Crippen molar-refractivity contribution < 1.29 is 0 Å². The molecule has 0 aliphatic heterocycles. The summed E-state index contributed by atoms with van der Waals surface area (Å²) in [5.41, 5.74) is 7.73. The molecule has 2 N–H and O–H groups in total. The lowest BCUT2D eigenvalue weighted by molar-refractivity contribution is 0.0806. The van der Waals surface area contributed by atoms with Gasteiger partial charge in [-0.05, 0) is 51.4 Å². The van der Waals surface area contributed by atoms with Crippen LogP contribution in [0, 0.1) is 0 Å². The number of hydrogen-bond acceptors (Lipinski definition) is 3. The Morgan fingerprint density at radius 2 is 1.83 bits per heavy atom. The molecule has 3 heteroatoms. The van der Waals surface area contributed by atoms with E-state index in [1.807, 2.05) is 12.4 Å². The molecule has 0 spiro atoms. The third-order valence-corrected chi connectivity index (χ3v) is 4.16. The SMILES string of the molecule is CCC(N)C(c1ccncc1)N(C)C(C)(C)CC. The van der Waals surface area contributed by atoms with Crippen LogP contribution in [0.2, 0.25) is 0 Å². The van der Waals surface area contributed by atoms with Gasteiger partial charge in [0, 0.05) is 24.0 Å². The summed E-state index contributed by atoms with van der Waals surface area (Å²) in [6.07, 6.45) is 5.76. The number of aromatic nitrogens is 1. The van der Waals surface area contributed by atoms with Crippen LogP contribution in [0.3, 0.4) is 0 Å². The molecule has 0 aliphatic carbocycles. The standard InChI is InChI=1S/C15H27N3/c1-6-13(16)14(12-8-10-17-11-9-12)18(5)15(3,4)7-2/h8-11,13-14H,6-7,16H2,1-5H3. The van der Waals surface area contributed by atoms with E-state index in [4.69, 9.17) is 5.73 Å². The average Bonchev–Trinajstić information content (AvgIpc) is 2.39. The molecule has 0 amide bonds. The topological polar surface area (TPSA) is 42.1 Å². The minimum Gasteiger partial charge on any atom is -0.326 e. The maximum absolute atomic E-state index is 6.34. The van der Waals surface area contributed by atoms with Crippen LogP contribution in [0.4, 0.5) is 0 Å². The van der Waals surface area contributed by atoms with E-state index in [-0.39, 0.29) is 17.6 Å². The van der Waals surface area contributed by atoms with E-state index >= 15 is 0 Å². The van der Waals surface area contributed by atoms with Gasteiger partial charge in [0.2, 0.25) is 0 Å². The Bertz CT molecular complexity index is 348. The highest BCUT2D eigenvalue weighted by Gasteiger charge is 2.31. The Morgan fingerprint density at radius 3 is 2.28 bits per heavy atom. The van der Waals surface area contributed by atoms with E-state index in [0.717, 1.165) is 12.8 Å². The van der Waals surface area contributed by atoms with E-state index < -0.39 is 0 Å². The Balaban J connectivity index is 3.07. The van der Waals surface area contributed by atoms with Gasteiger partial charge in [-0.3, -0.25) is 9.88 Å². The van der Waals surface area contributed by atoms with Crippen molar-refractivity contribution in [2.75, 3.05) is 7.05 Å². The van der Waals surface area contributed by atoms with Gasteiger partial charge in [-0.25, -0.2) is 0 Å². The molecule has 1 rings (SSSR count). The molecule has 0 aromatic carbocycles. The number of nitrogens with two attached hydrogens (primary N) is 1. The molecule has 0 fully saturated rings. The fourth-order valence-corrected chi connectivity index (χ4v) is 2.17. The van der Waals surface area contributed by atoms with Gasteiger partial charge < -0.3 is 5.73 Å². The Labute approximate surface area is 111 Å². The van der Waals surface area contributed by atoms with E-state index in [9.17, 15) is 0 Å². The highest BCUT2D eigenvalue weighted by Crippen LogP contribution is 2.31. The summed E-state index contributed by atoms with van der Waals surface area (Å²) in [7, 11) is 2.17. The van der Waals surface area contributed by atoms with E-state index in [0.29, 0.717) is 0 Å². The van der Waals surface area contributed by atoms with Gasteiger partial charge in [-0.1, -0.05) is 13.8 Å². The summed E-state index contributed by atoms with van der Waals surface area (Å²) in [5.74, 6) is 0. The van der Waals surface area contributed by atoms with Crippen LogP contribution in [0.25, 0.3) is 0 Å². The van der Waals surface area contributed by atoms with Gasteiger partial charge in [0.1, 0.15) is 0 Å². The molecule has 18 heavy (non-hydrogen) atoms. The molecule has 1 aromatic rings. The summed E-state index contributed by atoms with van der Waals surface area (Å²) in [6, 6.07) is 4.53. The first kappa shape index (κ1) is 15.1. The van der Waals surface area contributed by atoms with Crippen LogP contribution in [-0.2, 0) is 0 Å². The van der Waals surface area contributed by atoms with Gasteiger partial charge in [0.25, 0.3) is 0 Å². The zero-order chi connectivity index (χ0) is 13.8. The lowest BCUT2D eigenvalue weighted by atomic mass is 9.91. The van der Waals surface area contributed by atoms with Crippen molar-refractivity contribution in [3.8, 4) is 0 Å². The van der Waals surface area contributed by atoms with Crippen LogP contribution in [0.5, 0.6) is 0 Å². The number of likely N-dealkylation sites (N-methyl/N-ethyl adjacent to an activating group) is 1. The first-order valence-electron chi connectivity index (χ1n) is 6.82. The lowest BCUT2D eigenvalue weighted by Crippen LogP contribution is -2.48. The second kappa shape index (κ2) is 6.30. The fourth-order valence-electron chi connectivity index (χ4n) is 2.17. The van der Waals surface area contributed by atoms with Crippen LogP contribution >= 0.6 is 0 Å². The zero-order valence-corrected chi connectivity index (χ0v) is 12.4. The molecule has 102 valence electrons. The quantitative estimate of drug-likeness (QED) is 0.842. The van der Waals surface area contributed by atoms with Crippen LogP contribution < -0.4 is 5.73 Å². The van der Waals surface area contributed by atoms with Gasteiger partial charge in [-0.2, -0.15) is 0 Å². The minimum atomic E-state index is 0.140. The maximum atomic E-state index is 6.34. The molecule has 0 radical (unpaired) electrons. The normalized spacial score (nSPS) is 15.7. The number of nitrogens with zero attached hydrogens (tertiary/aromatic N) is 2. The van der Waals surface area contributed by atoms with E-state index in [2.05, 4.69) is 56.8 Å². The van der Waals surface area contributed by atoms with E-state index in [1.54, 1.807) is 0 Å². The third kappa shape index (κ3) is 3.30. The Hall–Kier alpha value is -0.930. The fraction of sp³-hybridized carbons (Fsp3) is 0.667. The molecule has 1 aromatic heterocycles. The van der Waals surface area contributed by atoms with Crippen LogP contribution in [0.15, 0.2) is 24.5 Å². The summed E-state index contributed by atoms with van der Waals surface area (Å²) < 4.78 is 0. The molecule has 0 saturated carbocycles. The van der Waals surface area contributed by atoms with Crippen LogP contribution in [-0.4, -0.2) is 28.5 Å². The molecule has 1 heterocycles. The second-order valence-electron chi connectivity index (χ2n) is 5.57. The summed E-state index contributed by atoms with van der Waals surface area (Å²) in [5, 5.41) is 0. The van der Waals surface area contributed by atoms with Crippen molar-refractivity contribution in [3.05, 3.63) is 30.1 Å². The number of rotatable bonds is 6. The molecule has 0 aliphatic rings. The van der Waals surface area contributed by atoms with Gasteiger partial charge in [-0.15, -0.1) is 0 Å². The van der Waals surface area contributed by atoms with Crippen molar-refractivity contribution in [1.82, 2.24) is 9.88 Å². The predicted molar refractivity (Wildman–Crippen MR) is 77.4 cm³/mol. The summed E-state index contributed by atoms with van der Waals surface area (Å²) in [6.45, 7) is 8.90. The van der Waals surface area contributed by atoms with Crippen molar-refractivity contribution in [2.45, 2.75) is 58.2 Å². The molecule has 2 unspecified atom stereocenters. The number of hydrogen-bond donors (Lipinski definition) is 1. The monoisotopic (exact) mass is 249 g/mol. The lowest BCUT2D eigenvalue weighted by Gasteiger charge is -2.43. The van der Waals surface area contributed by atoms with Gasteiger partial charge >= 0.3 is 0 Å². The second-order valence-corrected chi connectivity index (χ2v) is 5.57. The molecule has 3 nitrogen and oxygen atoms in total. The average molecular weight is 249 g/mol. The molecule has 0 saturated heterocycles. The predicted octanol–water partition coefficient (Wildman–Crippen LogP) is 2.98. The number of pyridine rings is 1. The zero-order valence-electron chi connectivity index (χ0n) is 12.4. The first-order chi connectivity index (χ1) is 8.44. The van der Waals surface area contributed by atoms with Crippen molar-refractivity contribution in [1.29, 1.82) is 0 Å². The first-order valence-corrected chi connectivity index (χ1v) is 6.82. The van der Waals surface area contributed by atoms with Crippen LogP contribution in [0.1, 0.15) is 52.1 Å². The van der Waals surface area contributed by atoms with Crippen molar-refractivity contribution in [3.63, 3.8) is 0 Å². The summed E-state index contributed by atoms with van der Waals surface area (Å²) in [4.78, 5) is 6.49.